The fourth-order valence-corrected chi connectivity index (χ4v) is 1.79. The summed E-state index contributed by atoms with van der Waals surface area (Å²) in [4.78, 5) is 0. The van der Waals surface area contributed by atoms with Gasteiger partial charge < -0.3 is 5.73 Å². The minimum absolute atomic E-state index is 0.128. The van der Waals surface area contributed by atoms with Crippen LogP contribution >= 0.6 is 11.6 Å². The summed E-state index contributed by atoms with van der Waals surface area (Å²) in [5, 5.41) is 4.18. The van der Waals surface area contributed by atoms with Crippen LogP contribution in [0.4, 0.5) is 4.39 Å². The maximum Gasteiger partial charge on any atom is 0.142 e. The molecule has 0 spiro atoms. The molecule has 2 aromatic rings. The fraction of sp³-hybridized carbons (Fsp3) is 0.250. The molecule has 90 valence electrons. The second kappa shape index (κ2) is 4.85. The summed E-state index contributed by atoms with van der Waals surface area (Å²) in [6, 6.07) is 4.55. The molecule has 0 bridgehead atoms. The molecule has 17 heavy (non-hydrogen) atoms. The van der Waals surface area contributed by atoms with Crippen molar-refractivity contribution in [1.82, 2.24) is 9.78 Å². The van der Waals surface area contributed by atoms with Gasteiger partial charge in [0.25, 0.3) is 0 Å². The number of halogens is 2. The van der Waals surface area contributed by atoms with Gasteiger partial charge in [0.2, 0.25) is 0 Å². The standard InChI is InChI=1S/C12H13ClFN3/c1-17-7-9(6-16-17)12(15)5-8-2-3-10(13)11(14)4-8/h2-4,6-7,12H,5,15H2,1H3. The van der Waals surface area contributed by atoms with Crippen LogP contribution in [0.15, 0.2) is 30.6 Å². The largest absolute Gasteiger partial charge is 0.324 e. The average molecular weight is 254 g/mol. The van der Waals surface area contributed by atoms with E-state index in [1.54, 1.807) is 23.0 Å². The third-order valence-electron chi connectivity index (χ3n) is 2.59. The summed E-state index contributed by atoms with van der Waals surface area (Å²) in [6.07, 6.45) is 4.13. The van der Waals surface area contributed by atoms with Crippen molar-refractivity contribution in [3.05, 3.63) is 52.6 Å². The summed E-state index contributed by atoms with van der Waals surface area (Å²) in [5.74, 6) is -0.414. The van der Waals surface area contributed by atoms with E-state index >= 15 is 0 Å². The van der Waals surface area contributed by atoms with Gasteiger partial charge in [-0.05, 0) is 24.1 Å². The van der Waals surface area contributed by atoms with Crippen molar-refractivity contribution < 1.29 is 4.39 Å². The molecule has 0 aliphatic rings. The number of nitrogens with zero attached hydrogens (tertiary/aromatic N) is 2. The highest BCUT2D eigenvalue weighted by Crippen LogP contribution is 2.20. The van der Waals surface area contributed by atoms with E-state index in [0.717, 1.165) is 11.1 Å². The van der Waals surface area contributed by atoms with Crippen LogP contribution in [0.1, 0.15) is 17.2 Å². The topological polar surface area (TPSA) is 43.8 Å². The third-order valence-corrected chi connectivity index (χ3v) is 2.90. The zero-order valence-corrected chi connectivity index (χ0v) is 10.2. The molecule has 0 fully saturated rings. The molecule has 1 aromatic carbocycles. The van der Waals surface area contributed by atoms with Crippen LogP contribution in [0.2, 0.25) is 5.02 Å². The Morgan fingerprint density at radius 1 is 1.53 bits per heavy atom. The molecule has 1 heterocycles. The Hall–Kier alpha value is -1.39. The number of hydrogen-bond acceptors (Lipinski definition) is 2. The lowest BCUT2D eigenvalue weighted by molar-refractivity contribution is 0.622. The van der Waals surface area contributed by atoms with Crippen LogP contribution in [-0.2, 0) is 13.5 Å². The highest BCUT2D eigenvalue weighted by Gasteiger charge is 2.10. The summed E-state index contributed by atoms with van der Waals surface area (Å²) in [5.41, 5.74) is 7.78. The smallest absolute Gasteiger partial charge is 0.142 e. The molecule has 0 radical (unpaired) electrons. The molecule has 0 aliphatic carbocycles. The van der Waals surface area contributed by atoms with E-state index < -0.39 is 5.82 Å². The number of benzene rings is 1. The van der Waals surface area contributed by atoms with E-state index in [1.807, 2.05) is 13.2 Å². The van der Waals surface area contributed by atoms with Gasteiger partial charge in [-0.1, -0.05) is 17.7 Å². The van der Waals surface area contributed by atoms with Crippen LogP contribution in [0.3, 0.4) is 0 Å². The molecule has 1 aromatic heterocycles. The lowest BCUT2D eigenvalue weighted by Crippen LogP contribution is -2.12. The van der Waals surface area contributed by atoms with Gasteiger partial charge in [-0.25, -0.2) is 4.39 Å². The van der Waals surface area contributed by atoms with Crippen molar-refractivity contribution in [2.24, 2.45) is 12.8 Å². The van der Waals surface area contributed by atoms with E-state index in [9.17, 15) is 4.39 Å². The molecular weight excluding hydrogens is 241 g/mol. The molecular formula is C12H13ClFN3. The number of rotatable bonds is 3. The molecule has 1 unspecified atom stereocenters. The van der Waals surface area contributed by atoms with Gasteiger partial charge in [0.1, 0.15) is 5.82 Å². The number of aryl methyl sites for hydroxylation is 1. The lowest BCUT2D eigenvalue weighted by atomic mass is 10.0. The predicted octanol–water partition coefficient (Wildman–Crippen LogP) is 2.46. The Labute approximate surface area is 104 Å². The summed E-state index contributed by atoms with van der Waals surface area (Å²) < 4.78 is 14.9. The predicted molar refractivity (Wildman–Crippen MR) is 65.3 cm³/mol. The van der Waals surface area contributed by atoms with Crippen LogP contribution in [0, 0.1) is 5.82 Å². The van der Waals surface area contributed by atoms with Gasteiger partial charge in [-0.15, -0.1) is 0 Å². The Balaban J connectivity index is 2.12. The average Bonchev–Trinajstić information content (AvgIpc) is 2.70. The zero-order valence-electron chi connectivity index (χ0n) is 9.40. The first-order valence-corrected chi connectivity index (χ1v) is 5.62. The van der Waals surface area contributed by atoms with Crippen LogP contribution in [0.5, 0.6) is 0 Å². The quantitative estimate of drug-likeness (QED) is 0.913. The highest BCUT2D eigenvalue weighted by atomic mass is 35.5. The van der Waals surface area contributed by atoms with E-state index in [-0.39, 0.29) is 11.1 Å². The van der Waals surface area contributed by atoms with Crippen molar-refractivity contribution in [2.45, 2.75) is 12.5 Å². The summed E-state index contributed by atoms with van der Waals surface area (Å²) in [7, 11) is 1.83. The summed E-state index contributed by atoms with van der Waals surface area (Å²) >= 11 is 5.62. The monoisotopic (exact) mass is 253 g/mol. The van der Waals surface area contributed by atoms with E-state index in [0.29, 0.717) is 6.42 Å². The zero-order chi connectivity index (χ0) is 12.4. The Morgan fingerprint density at radius 3 is 2.88 bits per heavy atom. The first-order chi connectivity index (χ1) is 8.06. The molecule has 2 N–H and O–H groups in total. The van der Waals surface area contributed by atoms with E-state index in [4.69, 9.17) is 17.3 Å². The molecule has 0 amide bonds. The second-order valence-electron chi connectivity index (χ2n) is 4.01. The van der Waals surface area contributed by atoms with Crippen molar-refractivity contribution in [3.8, 4) is 0 Å². The van der Waals surface area contributed by atoms with Gasteiger partial charge in [0, 0.05) is 24.8 Å². The van der Waals surface area contributed by atoms with Crippen LogP contribution < -0.4 is 5.73 Å². The van der Waals surface area contributed by atoms with E-state index in [1.165, 1.54) is 6.07 Å². The fourth-order valence-electron chi connectivity index (χ4n) is 1.67. The minimum Gasteiger partial charge on any atom is -0.324 e. The molecule has 3 nitrogen and oxygen atoms in total. The van der Waals surface area contributed by atoms with Gasteiger partial charge in [-0.2, -0.15) is 5.10 Å². The van der Waals surface area contributed by atoms with Crippen LogP contribution in [-0.4, -0.2) is 9.78 Å². The van der Waals surface area contributed by atoms with Crippen molar-refractivity contribution >= 4 is 11.6 Å². The number of nitrogens with two attached hydrogens (primary N) is 1. The molecule has 0 saturated carbocycles. The van der Waals surface area contributed by atoms with Crippen molar-refractivity contribution in [1.29, 1.82) is 0 Å². The molecule has 0 aliphatic heterocycles. The molecule has 5 heteroatoms. The first kappa shape index (κ1) is 12.1. The van der Waals surface area contributed by atoms with Gasteiger partial charge >= 0.3 is 0 Å². The Kier molecular flexibility index (Phi) is 3.45. The Morgan fingerprint density at radius 2 is 2.29 bits per heavy atom. The maximum atomic E-state index is 13.2. The summed E-state index contributed by atoms with van der Waals surface area (Å²) in [6.45, 7) is 0. The van der Waals surface area contributed by atoms with Crippen molar-refractivity contribution in [3.63, 3.8) is 0 Å². The molecule has 0 saturated heterocycles. The SMILES string of the molecule is Cn1cc(C(N)Cc2ccc(Cl)c(F)c2)cn1. The normalized spacial score (nSPS) is 12.7. The van der Waals surface area contributed by atoms with Gasteiger partial charge in [-0.3, -0.25) is 4.68 Å². The number of hydrogen-bond donors (Lipinski definition) is 1. The number of aromatic nitrogens is 2. The molecule has 1 atom stereocenters. The Bertz CT molecular complexity index is 524. The minimum atomic E-state index is -0.414. The van der Waals surface area contributed by atoms with Crippen LogP contribution in [0.25, 0.3) is 0 Å². The van der Waals surface area contributed by atoms with Gasteiger partial charge in [0.15, 0.2) is 0 Å². The first-order valence-electron chi connectivity index (χ1n) is 5.24. The van der Waals surface area contributed by atoms with Crippen molar-refractivity contribution in [2.75, 3.05) is 0 Å². The van der Waals surface area contributed by atoms with Gasteiger partial charge in [0.05, 0.1) is 11.2 Å². The third kappa shape index (κ3) is 2.84. The maximum absolute atomic E-state index is 13.2. The molecule has 2 rings (SSSR count). The van der Waals surface area contributed by atoms with E-state index in [2.05, 4.69) is 5.10 Å². The highest BCUT2D eigenvalue weighted by molar-refractivity contribution is 6.30. The lowest BCUT2D eigenvalue weighted by Gasteiger charge is -2.09. The second-order valence-corrected chi connectivity index (χ2v) is 4.41.